The van der Waals surface area contributed by atoms with E-state index in [9.17, 15) is 83.4 Å². The lowest BCUT2D eigenvalue weighted by atomic mass is 9.44. The average molecular weight is 1820 g/mol. The van der Waals surface area contributed by atoms with Crippen LogP contribution in [-0.2, 0) is 105 Å². The summed E-state index contributed by atoms with van der Waals surface area (Å²) in [5, 5.41) is 88.7. The molecule has 23 atom stereocenters. The third-order valence-electron chi connectivity index (χ3n) is 28.2. The highest BCUT2D eigenvalue weighted by molar-refractivity contribution is 5.97. The van der Waals surface area contributed by atoms with Gasteiger partial charge in [-0.25, -0.2) is 19.2 Å². The number of benzene rings is 4. The third kappa shape index (κ3) is 19.8. The fourth-order valence-electron chi connectivity index (χ4n) is 21.1. The van der Waals surface area contributed by atoms with Crippen LogP contribution < -0.4 is 10.6 Å². The molecule has 710 valence electrons. The molecule has 131 heavy (non-hydrogen) atoms. The highest BCUT2D eigenvalue weighted by atomic mass is 16.7. The number of fused-ring (bicyclic) bond motifs is 10. The average Bonchev–Trinajstić information content (AvgIpc) is 1.20. The number of amides is 2. The van der Waals surface area contributed by atoms with E-state index in [-0.39, 0.29) is 91.4 Å². The van der Waals surface area contributed by atoms with E-state index in [2.05, 4.69) is 17.2 Å². The number of rotatable bonds is 29. The number of aliphatic hydroxyl groups is 7. The Morgan fingerprint density at radius 1 is 0.511 bits per heavy atom. The molecule has 2 amide bonds. The minimum Gasteiger partial charge on any atom is -0.456 e. The summed E-state index contributed by atoms with van der Waals surface area (Å²) in [6.45, 7) is 20.7. The summed E-state index contributed by atoms with van der Waals surface area (Å²) in [4.78, 5) is 177. The number of carbonyl (C=O) groups excluding carboxylic acids is 13. The highest BCUT2D eigenvalue weighted by Crippen LogP contribution is 2.67. The summed E-state index contributed by atoms with van der Waals surface area (Å²) in [5.74, 6) is -13.4. The molecule has 0 radical (unpaired) electrons. The summed E-state index contributed by atoms with van der Waals surface area (Å²) < 4.78 is 65.5. The molecule has 33 heteroatoms. The summed E-state index contributed by atoms with van der Waals surface area (Å²) in [6.07, 6.45) is -13.0. The fraction of sp³-hybridized carbons (Fsp3) is 0.561. The molecule has 3 saturated heterocycles. The van der Waals surface area contributed by atoms with E-state index in [1.165, 1.54) is 52.0 Å². The molecule has 9 N–H and O–H groups in total. The molecule has 33 nitrogen and oxygen atoms in total. The summed E-state index contributed by atoms with van der Waals surface area (Å²) in [5.41, 5.74) is -14.5. The molecule has 3 heterocycles. The van der Waals surface area contributed by atoms with Crippen molar-refractivity contribution >= 4 is 77.4 Å². The number of hydrogen-bond donors (Lipinski definition) is 9. The first-order valence-corrected chi connectivity index (χ1v) is 44.4. The predicted octanol–water partition coefficient (Wildman–Crippen LogP) is 7.51. The zero-order chi connectivity index (χ0) is 95.8. The van der Waals surface area contributed by atoms with Crippen LogP contribution in [0.1, 0.15) is 217 Å². The van der Waals surface area contributed by atoms with Gasteiger partial charge in [0.2, 0.25) is 11.8 Å². The molecule has 3 aliphatic heterocycles. The molecule has 1 unspecified atom stereocenters. The number of ketones is 2. The molecular formula is C98H122N2O31. The van der Waals surface area contributed by atoms with Gasteiger partial charge >= 0.3 is 47.8 Å². The number of ether oxygens (including phenoxy) is 11. The van der Waals surface area contributed by atoms with Crippen LogP contribution in [0.15, 0.2) is 156 Å². The number of aliphatic hydroxyl groups excluding tert-OH is 5. The molecule has 4 saturated carbocycles. The maximum atomic E-state index is 15.5. The topological polar surface area (TPSA) is 489 Å². The molecule has 9 aliphatic rings. The van der Waals surface area contributed by atoms with Gasteiger partial charge in [-0.3, -0.25) is 38.4 Å². The Hall–Kier alpha value is -10.6. The summed E-state index contributed by atoms with van der Waals surface area (Å²) in [7, 11) is 0. The van der Waals surface area contributed by atoms with Gasteiger partial charge < -0.3 is 103 Å². The lowest BCUT2D eigenvalue weighted by Gasteiger charge is -2.67. The zero-order valence-electron chi connectivity index (χ0n) is 75.9. The number of aldehydes is 1. The monoisotopic (exact) mass is 1820 g/mol. The first kappa shape index (κ1) is 101. The predicted molar refractivity (Wildman–Crippen MR) is 463 cm³/mol. The molecule has 4 aromatic rings. The molecule has 0 spiro atoms. The summed E-state index contributed by atoms with van der Waals surface area (Å²) in [6, 6.07) is 29.6. The van der Waals surface area contributed by atoms with Gasteiger partial charge in [0.15, 0.2) is 47.2 Å². The smallest absolute Gasteiger partial charge is 0.338 e. The van der Waals surface area contributed by atoms with E-state index in [1.807, 2.05) is 0 Å². The van der Waals surface area contributed by atoms with Gasteiger partial charge in [-0.15, -0.1) is 6.58 Å². The highest BCUT2D eigenvalue weighted by Gasteiger charge is 2.81. The molecule has 13 rings (SSSR count). The number of carbonyl (C=O) groups is 13. The van der Waals surface area contributed by atoms with Crippen LogP contribution in [0, 0.1) is 33.5 Å². The van der Waals surface area contributed by atoms with Gasteiger partial charge in [0.05, 0.1) is 84.0 Å². The van der Waals surface area contributed by atoms with Crippen molar-refractivity contribution < 1.29 is 150 Å². The van der Waals surface area contributed by atoms with Crippen molar-refractivity contribution in [1.82, 2.24) is 10.6 Å². The SMILES string of the molecule is C=CCCCCC(=O)N[C@H](c1ccccc1)[C@@H](O)C(=O)O[C@H]1C[C@@]2(O)[C@@H](OC(=O)c3ccccc3)[C@@H]3[C@]4(OC(C)=O)CO[C@@H]4C[C@H](O)[C@@]3(C)C(=O)[C@H](OC(C)=O)C(=C1C)C2(C)C.CC(=O)O[C@H]1C(=O)[C@@]2(C)[C@H]([C@H](OC(=O)c3ccccc3)[C@]3(O)C[C@H](OC(=O)[C@H](O)[C@H](NC(=O)CCCCC=O)c4ccccc4)C(C)=C1C3(C)C)[C@]1(OC(C)=O)CO[C@@H]1C[C@@H]2O.OCC1CCCO1. The van der Waals surface area contributed by atoms with E-state index in [0.29, 0.717) is 43.2 Å². The molecule has 6 aliphatic carbocycles. The van der Waals surface area contributed by atoms with Crippen LogP contribution in [0.5, 0.6) is 0 Å². The number of esters is 8. The van der Waals surface area contributed by atoms with E-state index < -0.39 is 225 Å². The minimum atomic E-state index is -2.40. The Morgan fingerprint density at radius 2 is 0.878 bits per heavy atom. The van der Waals surface area contributed by atoms with Gasteiger partial charge in [0.25, 0.3) is 0 Å². The maximum Gasteiger partial charge on any atom is 0.338 e. The fourth-order valence-corrected chi connectivity index (χ4v) is 21.1. The van der Waals surface area contributed by atoms with Gasteiger partial charge in [0.1, 0.15) is 54.1 Å². The Kier molecular flexibility index (Phi) is 31.8. The number of nitrogens with one attached hydrogen (secondary N) is 2. The van der Waals surface area contributed by atoms with Crippen LogP contribution in [0.2, 0.25) is 0 Å². The quantitative estimate of drug-likeness (QED) is 0.00834. The van der Waals surface area contributed by atoms with Gasteiger partial charge in [-0.05, 0) is 130 Å². The molecule has 4 bridgehead atoms. The van der Waals surface area contributed by atoms with Crippen molar-refractivity contribution in [3.63, 3.8) is 0 Å². The first-order chi connectivity index (χ1) is 61.9. The van der Waals surface area contributed by atoms with E-state index >= 15 is 9.59 Å². The summed E-state index contributed by atoms with van der Waals surface area (Å²) >= 11 is 0. The Labute approximate surface area is 760 Å². The van der Waals surface area contributed by atoms with E-state index in [1.54, 1.807) is 131 Å². The van der Waals surface area contributed by atoms with Gasteiger partial charge in [-0.2, -0.15) is 0 Å². The van der Waals surface area contributed by atoms with Gasteiger partial charge in [0, 0.05) is 90.1 Å². The third-order valence-corrected chi connectivity index (χ3v) is 28.2. The van der Waals surface area contributed by atoms with Crippen LogP contribution in [-0.4, -0.2) is 241 Å². The molecular weight excluding hydrogens is 1700 g/mol. The first-order valence-electron chi connectivity index (χ1n) is 44.4. The van der Waals surface area contributed by atoms with Crippen molar-refractivity contribution in [3.05, 3.63) is 179 Å². The second kappa shape index (κ2) is 41.3. The van der Waals surface area contributed by atoms with Crippen molar-refractivity contribution in [1.29, 1.82) is 0 Å². The van der Waals surface area contributed by atoms with Crippen molar-refractivity contribution in [3.8, 4) is 0 Å². The van der Waals surface area contributed by atoms with Gasteiger partial charge in [-0.1, -0.05) is 131 Å². The number of Topliss-reactive ketones (excluding diaryl/α,β-unsaturated/α-hetero) is 2. The van der Waals surface area contributed by atoms with E-state index in [0.717, 1.165) is 53.4 Å². The van der Waals surface area contributed by atoms with Crippen LogP contribution >= 0.6 is 0 Å². The number of allylic oxidation sites excluding steroid dienone is 1. The molecule has 4 aromatic carbocycles. The lowest BCUT2D eigenvalue weighted by Crippen LogP contribution is -2.82. The standard InChI is InChI=1S/C47H57NO14.C46H55NO15.C5H10O2/c1-8-9-10-17-22-34(52)48-36(29-18-13-11-14-19-29)37(53)43(56)60-31-24-47(57)41(61-42(55)30-20-15-12-16-21-30)39-45(7,32(51)23-33-46(39,25-58-33)62-28(4)50)40(54)38(59-27(3)49)35(26(31)2)44(47,5)6;1-25-30(60-42(56)36(53)35(28-16-10-7-11-17-28)47-33(52)20-14-9-15-21-48)23-46(57)40(61-41(55)29-18-12-8-13-19-29)38-44(6,31(51)22-32-45(38,24-58-32)62-27(3)50)39(54)37(59-26(2)49)34(25)43(46,4)5;6-4-5-2-1-3-7-5/h8,11-16,18-21,31-33,36-39,41,51,53,57H,1,9-10,17,22-25H2,2-7H3,(H,48,52);7-8,10-13,16-19,21,30-32,35-38,40,51,53,57H,9,14-15,20,22-24H2,1-6H3,(H,47,52);5-6H,1-4H2/t31-,32-,33+,36+,37+,38+,39-,41-,45+,46-,47+;30-,31-,32+,35+,36+,37+,38-,40-,44+,45-,46+;/m00./s1. The van der Waals surface area contributed by atoms with Crippen LogP contribution in [0.4, 0.5) is 0 Å². The second-order valence-corrected chi connectivity index (χ2v) is 36.9. The van der Waals surface area contributed by atoms with E-state index in [4.69, 9.17) is 57.2 Å². The zero-order valence-corrected chi connectivity index (χ0v) is 75.9. The molecule has 7 fully saturated rings. The number of unbranched alkanes of at least 4 members (excludes halogenated alkanes) is 4. The minimum absolute atomic E-state index is 0.000935. The van der Waals surface area contributed by atoms with Crippen LogP contribution in [0.3, 0.4) is 0 Å². The maximum absolute atomic E-state index is 15.5. The largest absolute Gasteiger partial charge is 0.456 e. The Morgan fingerprint density at radius 3 is 1.18 bits per heavy atom. The lowest BCUT2D eigenvalue weighted by molar-refractivity contribution is -0.346. The Balaban J connectivity index is 0.000000235. The Bertz CT molecular complexity index is 4660. The number of hydrogen-bond acceptors (Lipinski definition) is 31. The van der Waals surface area contributed by atoms with Crippen LogP contribution in [0.25, 0.3) is 0 Å². The molecule has 0 aromatic heterocycles. The van der Waals surface area contributed by atoms with Crippen molar-refractivity contribution in [2.45, 2.75) is 287 Å². The van der Waals surface area contributed by atoms with Crippen molar-refractivity contribution in [2.24, 2.45) is 33.5 Å². The second-order valence-electron chi connectivity index (χ2n) is 36.9. The normalized spacial score (nSPS) is 31.8. The van der Waals surface area contributed by atoms with Crippen molar-refractivity contribution in [2.75, 3.05) is 26.4 Å².